The highest BCUT2D eigenvalue weighted by Gasteiger charge is 2.18. The Kier molecular flexibility index (Phi) is 12.1. The first kappa shape index (κ1) is 40.8. The summed E-state index contributed by atoms with van der Waals surface area (Å²) in [6, 6.07) is 24.2. The number of fused-ring (bicyclic) bond motifs is 4. The van der Waals surface area contributed by atoms with Crippen molar-refractivity contribution in [3.8, 4) is 34.5 Å². The molecule has 8 aromatic rings. The Bertz CT molecular complexity index is 2940. The molecular formula is C44H41N9O8. The second-order valence-corrected chi connectivity index (χ2v) is 13.2. The number of carbonyl (C=O) groups excluding carboxylic acids is 4. The van der Waals surface area contributed by atoms with Gasteiger partial charge in [0.15, 0.2) is 0 Å². The van der Waals surface area contributed by atoms with Crippen molar-refractivity contribution in [1.29, 1.82) is 0 Å². The van der Waals surface area contributed by atoms with E-state index >= 15 is 0 Å². The van der Waals surface area contributed by atoms with Crippen LogP contribution in [0, 0.1) is 0 Å². The number of ether oxygens (including phenoxy) is 4. The molecule has 5 amide bonds. The normalized spacial score (nSPS) is 10.8. The number of nitrogens with zero attached hydrogens (tertiary/aromatic N) is 3. The van der Waals surface area contributed by atoms with E-state index in [9.17, 15) is 19.2 Å². The minimum atomic E-state index is -0.567. The van der Waals surface area contributed by atoms with Crippen molar-refractivity contribution in [3.05, 3.63) is 121 Å². The molecule has 0 fully saturated rings. The summed E-state index contributed by atoms with van der Waals surface area (Å²) in [6.45, 7) is 4.56. The lowest BCUT2D eigenvalue weighted by atomic mass is 10.1. The number of urea groups is 1. The number of nitrogens with one attached hydrogen (secondary N) is 5. The van der Waals surface area contributed by atoms with Gasteiger partial charge >= 0.3 is 12.1 Å². The van der Waals surface area contributed by atoms with Crippen molar-refractivity contribution in [1.82, 2.24) is 41.0 Å². The summed E-state index contributed by atoms with van der Waals surface area (Å²) in [6.07, 6.45) is 6.82. The number of aromatic amines is 1. The van der Waals surface area contributed by atoms with Crippen molar-refractivity contribution in [2.45, 2.75) is 13.8 Å². The first-order chi connectivity index (χ1) is 29.6. The molecule has 0 saturated heterocycles. The average molecular weight is 824 g/mol. The molecule has 0 aliphatic carbocycles. The van der Waals surface area contributed by atoms with Gasteiger partial charge in [-0.15, -0.1) is 0 Å². The van der Waals surface area contributed by atoms with Gasteiger partial charge in [-0.25, -0.2) is 15.0 Å². The quantitative estimate of drug-likeness (QED) is 0.0764. The second kappa shape index (κ2) is 18.1. The summed E-state index contributed by atoms with van der Waals surface area (Å²) in [7, 11) is 2.93. The van der Waals surface area contributed by atoms with Gasteiger partial charge in [0.05, 0.1) is 41.9 Å². The molecule has 0 aliphatic rings. The number of hydrogen-bond donors (Lipinski definition) is 6. The molecule has 4 heterocycles. The van der Waals surface area contributed by atoms with Crippen molar-refractivity contribution in [2.75, 3.05) is 27.3 Å². The zero-order chi connectivity index (χ0) is 43.0. The van der Waals surface area contributed by atoms with Gasteiger partial charge < -0.3 is 40.3 Å². The van der Waals surface area contributed by atoms with E-state index in [-0.39, 0.29) is 22.9 Å². The molecule has 0 saturated carbocycles. The zero-order valence-electron chi connectivity index (χ0n) is 33.5. The van der Waals surface area contributed by atoms with Gasteiger partial charge in [-0.3, -0.25) is 29.5 Å². The summed E-state index contributed by atoms with van der Waals surface area (Å²) in [4.78, 5) is 60.2. The number of nitrogens with two attached hydrogens (primary N) is 1. The van der Waals surface area contributed by atoms with E-state index in [2.05, 4.69) is 36.4 Å². The Morgan fingerprint density at radius 1 is 0.672 bits per heavy atom. The van der Waals surface area contributed by atoms with Gasteiger partial charge in [-0.05, 0) is 86.6 Å². The predicted molar refractivity (Wildman–Crippen MR) is 230 cm³/mol. The Balaban J connectivity index is 0.000000196. The number of aromatic nitrogens is 4. The highest BCUT2D eigenvalue weighted by atomic mass is 16.5. The van der Waals surface area contributed by atoms with Crippen LogP contribution in [0.15, 0.2) is 110 Å². The number of methoxy groups -OCH3 is 2. The summed E-state index contributed by atoms with van der Waals surface area (Å²) in [5, 5.41) is 8.44. The minimum absolute atomic E-state index is 0.189. The van der Waals surface area contributed by atoms with E-state index in [4.69, 9.17) is 24.7 Å². The molecule has 0 unspecified atom stereocenters. The molecular weight excluding hydrogens is 783 g/mol. The van der Waals surface area contributed by atoms with Crippen LogP contribution in [0.25, 0.3) is 43.6 Å². The summed E-state index contributed by atoms with van der Waals surface area (Å²) < 4.78 is 24.3. The summed E-state index contributed by atoms with van der Waals surface area (Å²) in [5.74, 6) is 1.83. The Morgan fingerprint density at radius 3 is 1.90 bits per heavy atom. The first-order valence-corrected chi connectivity index (χ1v) is 19.0. The third kappa shape index (κ3) is 8.90. The topological polar surface area (TPSA) is 226 Å². The van der Waals surface area contributed by atoms with Gasteiger partial charge in [0, 0.05) is 77.1 Å². The molecule has 0 spiro atoms. The predicted octanol–water partition coefficient (Wildman–Crippen LogP) is 7.15. The van der Waals surface area contributed by atoms with Crippen molar-refractivity contribution < 1.29 is 38.1 Å². The van der Waals surface area contributed by atoms with E-state index in [1.807, 2.05) is 49.5 Å². The van der Waals surface area contributed by atoms with Crippen LogP contribution in [0.1, 0.15) is 34.6 Å². The molecule has 17 heteroatoms. The zero-order valence-corrected chi connectivity index (χ0v) is 33.5. The molecule has 310 valence electrons. The lowest BCUT2D eigenvalue weighted by molar-refractivity contribution is 0.0932. The molecule has 7 N–H and O–H groups in total. The lowest BCUT2D eigenvalue weighted by Crippen LogP contribution is -2.46. The fourth-order valence-electron chi connectivity index (χ4n) is 6.51. The van der Waals surface area contributed by atoms with Crippen LogP contribution in [0.3, 0.4) is 0 Å². The number of pyridine rings is 2. The second-order valence-electron chi connectivity index (χ2n) is 13.2. The van der Waals surface area contributed by atoms with E-state index in [0.717, 1.165) is 21.8 Å². The molecule has 17 nitrogen and oxygen atoms in total. The van der Waals surface area contributed by atoms with Gasteiger partial charge in [-0.1, -0.05) is 0 Å². The molecule has 4 aromatic heterocycles. The highest BCUT2D eigenvalue weighted by molar-refractivity contribution is 6.03. The number of hydrogen-bond acceptors (Lipinski definition) is 10. The van der Waals surface area contributed by atoms with Crippen LogP contribution in [0.5, 0.6) is 34.5 Å². The maximum Gasteiger partial charge on any atom is 0.333 e. The maximum atomic E-state index is 12.8. The standard InChI is InChI=1S/C25H26N6O5.C19H15N3O3/c1-4-26-24(33)30-29-23(32)18-13-17-19(14-22(18)35-3)28-10-8-21(17)36-16-6-7-20-15(12-16)9-11-31(20)25(34)27-5-2;1-24-18-10-16-13(9-14(18)19(20)23)17(5-7-22-16)25-12-2-3-15-11(8-12)4-6-21-15/h6-14H,4-5H2,1-3H3,(H,27,34)(H,29,32)(H2,26,30,33);2-10,21H,1H3,(H2,20,23). The van der Waals surface area contributed by atoms with Gasteiger partial charge in [-0.2, -0.15) is 0 Å². The molecule has 61 heavy (non-hydrogen) atoms. The number of carbonyl (C=O) groups is 4. The van der Waals surface area contributed by atoms with E-state index in [0.29, 0.717) is 63.6 Å². The van der Waals surface area contributed by atoms with Crippen molar-refractivity contribution >= 4 is 67.5 Å². The fourth-order valence-corrected chi connectivity index (χ4v) is 6.51. The molecule has 0 aliphatic heterocycles. The van der Waals surface area contributed by atoms with Gasteiger partial charge in [0.2, 0.25) is 0 Å². The SMILES string of the molecule is CCNC(=O)NNC(=O)c1cc2c(Oc3ccc4c(ccn4C(=O)NCC)c3)ccnc2cc1OC.COc1cc2nccc(Oc3ccc4[nH]ccc4c3)c2cc1C(N)=O. The Labute approximate surface area is 348 Å². The number of primary amides is 1. The van der Waals surface area contributed by atoms with E-state index in [1.54, 1.807) is 74.0 Å². The minimum Gasteiger partial charge on any atom is -0.496 e. The van der Waals surface area contributed by atoms with Gasteiger partial charge in [0.25, 0.3) is 11.8 Å². The molecule has 0 bridgehead atoms. The lowest BCUT2D eigenvalue weighted by Gasteiger charge is -2.14. The highest BCUT2D eigenvalue weighted by Crippen LogP contribution is 2.36. The van der Waals surface area contributed by atoms with Crippen LogP contribution in [-0.4, -0.2) is 70.7 Å². The Morgan fingerprint density at radius 2 is 1.28 bits per heavy atom. The molecule has 0 atom stereocenters. The largest absolute Gasteiger partial charge is 0.496 e. The number of H-pyrrole nitrogens is 1. The van der Waals surface area contributed by atoms with Crippen LogP contribution < -0.4 is 46.2 Å². The van der Waals surface area contributed by atoms with Gasteiger partial charge in [0.1, 0.15) is 34.5 Å². The third-order valence-electron chi connectivity index (χ3n) is 9.37. The fraction of sp³-hybridized carbons (Fsp3) is 0.136. The van der Waals surface area contributed by atoms with E-state index in [1.165, 1.54) is 18.8 Å². The van der Waals surface area contributed by atoms with Crippen molar-refractivity contribution in [2.24, 2.45) is 5.73 Å². The number of rotatable bonds is 10. The first-order valence-electron chi connectivity index (χ1n) is 19.0. The molecule has 4 aromatic carbocycles. The van der Waals surface area contributed by atoms with E-state index < -0.39 is 17.8 Å². The number of amides is 5. The average Bonchev–Trinajstić information content (AvgIpc) is 3.92. The smallest absolute Gasteiger partial charge is 0.333 e. The van der Waals surface area contributed by atoms with Crippen LogP contribution in [0.4, 0.5) is 9.59 Å². The monoisotopic (exact) mass is 823 g/mol. The third-order valence-corrected chi connectivity index (χ3v) is 9.37. The summed E-state index contributed by atoms with van der Waals surface area (Å²) in [5.41, 5.74) is 13.6. The maximum absolute atomic E-state index is 12.8. The van der Waals surface area contributed by atoms with Crippen LogP contribution >= 0.6 is 0 Å². The Hall–Kier alpha value is -8.34. The van der Waals surface area contributed by atoms with Crippen molar-refractivity contribution in [3.63, 3.8) is 0 Å². The molecule has 8 rings (SSSR count). The van der Waals surface area contributed by atoms with Crippen LogP contribution in [0.2, 0.25) is 0 Å². The number of benzene rings is 4. The summed E-state index contributed by atoms with van der Waals surface area (Å²) >= 11 is 0. The molecule has 0 radical (unpaired) electrons. The van der Waals surface area contributed by atoms with Crippen LogP contribution in [-0.2, 0) is 0 Å². The number of hydrazine groups is 1.